The van der Waals surface area contributed by atoms with E-state index < -0.39 is 0 Å². The Balaban J connectivity index is 2.24. The second kappa shape index (κ2) is 4.69. The third kappa shape index (κ3) is 2.93. The summed E-state index contributed by atoms with van der Waals surface area (Å²) in [6.07, 6.45) is 0.825. The van der Waals surface area contributed by atoms with E-state index in [2.05, 4.69) is 14.9 Å². The van der Waals surface area contributed by atoms with Crippen LogP contribution in [0.2, 0.25) is 0 Å². The molecular weight excluding hydrogens is 170 g/mol. The summed E-state index contributed by atoms with van der Waals surface area (Å²) < 4.78 is 0. The number of amides is 1. The second-order valence-electron chi connectivity index (χ2n) is 3.14. The molecule has 1 rings (SSSR count). The first-order valence-corrected chi connectivity index (χ1v) is 4.26. The van der Waals surface area contributed by atoms with Gasteiger partial charge in [-0.25, -0.2) is 0 Å². The molecule has 72 valence electrons. The van der Waals surface area contributed by atoms with Crippen molar-refractivity contribution in [2.24, 2.45) is 16.8 Å². The standard InChI is InChI=1S/C7H13N5O/c8-7(13)6-1-3-12(5-6)4-2-10-11-9/h6H,1-5H2,(H2,8,13). The summed E-state index contributed by atoms with van der Waals surface area (Å²) in [5.74, 6) is -0.252. The van der Waals surface area contributed by atoms with Crippen molar-refractivity contribution >= 4 is 5.91 Å². The van der Waals surface area contributed by atoms with Gasteiger partial charge in [0, 0.05) is 24.5 Å². The van der Waals surface area contributed by atoms with Gasteiger partial charge in [0.1, 0.15) is 0 Å². The predicted molar refractivity (Wildman–Crippen MR) is 47.8 cm³/mol. The van der Waals surface area contributed by atoms with Crippen LogP contribution in [0.25, 0.3) is 10.4 Å². The Kier molecular flexibility index (Phi) is 3.54. The van der Waals surface area contributed by atoms with Crippen LogP contribution in [-0.4, -0.2) is 37.0 Å². The van der Waals surface area contributed by atoms with Crippen LogP contribution in [0.4, 0.5) is 0 Å². The van der Waals surface area contributed by atoms with E-state index >= 15 is 0 Å². The van der Waals surface area contributed by atoms with E-state index in [4.69, 9.17) is 11.3 Å². The van der Waals surface area contributed by atoms with Crippen LogP contribution in [-0.2, 0) is 4.79 Å². The van der Waals surface area contributed by atoms with Crippen LogP contribution >= 0.6 is 0 Å². The molecule has 0 spiro atoms. The zero-order valence-electron chi connectivity index (χ0n) is 7.39. The number of hydrogen-bond donors (Lipinski definition) is 1. The minimum absolute atomic E-state index is 0.0222. The number of azide groups is 1. The van der Waals surface area contributed by atoms with Crippen LogP contribution < -0.4 is 5.73 Å². The molecule has 6 nitrogen and oxygen atoms in total. The summed E-state index contributed by atoms with van der Waals surface area (Å²) in [5.41, 5.74) is 13.2. The van der Waals surface area contributed by atoms with Crippen molar-refractivity contribution in [2.45, 2.75) is 6.42 Å². The number of carbonyl (C=O) groups excluding carboxylic acids is 1. The SMILES string of the molecule is [N-]=[N+]=NCCN1CCC(C(N)=O)C1. The summed E-state index contributed by atoms with van der Waals surface area (Å²) in [5, 5.41) is 3.43. The number of nitrogens with two attached hydrogens (primary N) is 1. The number of likely N-dealkylation sites (tertiary alicyclic amines) is 1. The van der Waals surface area contributed by atoms with Gasteiger partial charge in [0.05, 0.1) is 5.92 Å². The molecule has 1 aliphatic heterocycles. The molecule has 1 heterocycles. The Bertz CT molecular complexity index is 235. The van der Waals surface area contributed by atoms with E-state index in [0.29, 0.717) is 19.6 Å². The van der Waals surface area contributed by atoms with Crippen molar-refractivity contribution in [1.29, 1.82) is 0 Å². The minimum Gasteiger partial charge on any atom is -0.369 e. The molecule has 1 amide bonds. The van der Waals surface area contributed by atoms with E-state index in [1.807, 2.05) is 0 Å². The molecular formula is C7H13N5O. The summed E-state index contributed by atoms with van der Waals surface area (Å²) >= 11 is 0. The maximum absolute atomic E-state index is 10.8. The van der Waals surface area contributed by atoms with Crippen LogP contribution in [0, 0.1) is 5.92 Å². The summed E-state index contributed by atoms with van der Waals surface area (Å²) in [6, 6.07) is 0. The Morgan fingerprint density at radius 3 is 3.08 bits per heavy atom. The summed E-state index contributed by atoms with van der Waals surface area (Å²) in [6.45, 7) is 2.75. The van der Waals surface area contributed by atoms with E-state index in [1.165, 1.54) is 0 Å². The van der Waals surface area contributed by atoms with Gasteiger partial charge in [-0.3, -0.25) is 4.79 Å². The van der Waals surface area contributed by atoms with Gasteiger partial charge < -0.3 is 10.6 Å². The normalized spacial score (nSPS) is 22.6. The van der Waals surface area contributed by atoms with Crippen molar-refractivity contribution < 1.29 is 4.79 Å². The van der Waals surface area contributed by atoms with Crippen molar-refractivity contribution in [3.05, 3.63) is 10.4 Å². The average molecular weight is 183 g/mol. The van der Waals surface area contributed by atoms with Crippen molar-refractivity contribution in [3.8, 4) is 0 Å². The molecule has 0 bridgehead atoms. The summed E-state index contributed by atoms with van der Waals surface area (Å²) in [7, 11) is 0. The van der Waals surface area contributed by atoms with Gasteiger partial charge in [-0.1, -0.05) is 5.11 Å². The highest BCUT2D eigenvalue weighted by molar-refractivity contribution is 5.77. The van der Waals surface area contributed by atoms with Gasteiger partial charge >= 0.3 is 0 Å². The maximum atomic E-state index is 10.8. The molecule has 0 aliphatic carbocycles. The second-order valence-corrected chi connectivity index (χ2v) is 3.14. The number of nitrogens with zero attached hydrogens (tertiary/aromatic N) is 4. The van der Waals surface area contributed by atoms with E-state index in [1.54, 1.807) is 0 Å². The molecule has 1 saturated heterocycles. The fraction of sp³-hybridized carbons (Fsp3) is 0.857. The van der Waals surface area contributed by atoms with Gasteiger partial charge in [0.2, 0.25) is 5.91 Å². The Morgan fingerprint density at radius 1 is 1.77 bits per heavy atom. The monoisotopic (exact) mass is 183 g/mol. The molecule has 0 aromatic rings. The molecule has 1 fully saturated rings. The third-order valence-corrected chi connectivity index (χ3v) is 2.25. The smallest absolute Gasteiger partial charge is 0.221 e. The van der Waals surface area contributed by atoms with Crippen LogP contribution in [0.1, 0.15) is 6.42 Å². The van der Waals surface area contributed by atoms with Gasteiger partial charge in [-0.05, 0) is 18.5 Å². The highest BCUT2D eigenvalue weighted by Gasteiger charge is 2.25. The number of primary amides is 1. The predicted octanol–water partition coefficient (Wildman–Crippen LogP) is 0.104. The minimum atomic E-state index is -0.230. The molecule has 0 aromatic carbocycles. The molecule has 2 N–H and O–H groups in total. The van der Waals surface area contributed by atoms with Crippen molar-refractivity contribution in [3.63, 3.8) is 0 Å². The first-order chi connectivity index (χ1) is 6.24. The third-order valence-electron chi connectivity index (χ3n) is 2.25. The lowest BCUT2D eigenvalue weighted by Gasteiger charge is -2.12. The van der Waals surface area contributed by atoms with Gasteiger partial charge in [0.15, 0.2) is 0 Å². The van der Waals surface area contributed by atoms with Gasteiger partial charge in [-0.2, -0.15) is 0 Å². The largest absolute Gasteiger partial charge is 0.369 e. The quantitative estimate of drug-likeness (QED) is 0.380. The molecule has 0 radical (unpaired) electrons. The van der Waals surface area contributed by atoms with Gasteiger partial charge in [-0.15, -0.1) is 0 Å². The molecule has 0 aromatic heterocycles. The molecule has 13 heavy (non-hydrogen) atoms. The topological polar surface area (TPSA) is 95.1 Å². The van der Waals surface area contributed by atoms with Crippen LogP contribution in [0.3, 0.4) is 0 Å². The number of rotatable bonds is 4. The molecule has 1 unspecified atom stereocenters. The molecule has 1 aliphatic rings. The zero-order chi connectivity index (χ0) is 9.68. The molecule has 0 saturated carbocycles. The fourth-order valence-electron chi connectivity index (χ4n) is 1.50. The molecule has 1 atom stereocenters. The van der Waals surface area contributed by atoms with E-state index in [0.717, 1.165) is 13.0 Å². The lowest BCUT2D eigenvalue weighted by atomic mass is 10.1. The molecule has 6 heteroatoms. The summed E-state index contributed by atoms with van der Waals surface area (Å²) in [4.78, 5) is 15.5. The first-order valence-electron chi connectivity index (χ1n) is 4.26. The van der Waals surface area contributed by atoms with Crippen LogP contribution in [0.5, 0.6) is 0 Å². The number of hydrogen-bond acceptors (Lipinski definition) is 3. The first kappa shape index (κ1) is 9.83. The van der Waals surface area contributed by atoms with Crippen molar-refractivity contribution in [1.82, 2.24) is 4.90 Å². The Labute approximate surface area is 76.3 Å². The lowest BCUT2D eigenvalue weighted by Crippen LogP contribution is -2.28. The maximum Gasteiger partial charge on any atom is 0.221 e. The highest BCUT2D eigenvalue weighted by atomic mass is 16.1. The van der Waals surface area contributed by atoms with E-state index in [9.17, 15) is 4.79 Å². The number of carbonyl (C=O) groups is 1. The lowest BCUT2D eigenvalue weighted by molar-refractivity contribution is -0.121. The highest BCUT2D eigenvalue weighted by Crippen LogP contribution is 2.14. The Morgan fingerprint density at radius 2 is 2.54 bits per heavy atom. The van der Waals surface area contributed by atoms with Crippen molar-refractivity contribution in [2.75, 3.05) is 26.2 Å². The van der Waals surface area contributed by atoms with Gasteiger partial charge in [0.25, 0.3) is 0 Å². The fourth-order valence-corrected chi connectivity index (χ4v) is 1.50. The zero-order valence-corrected chi connectivity index (χ0v) is 7.39. The average Bonchev–Trinajstić information content (AvgIpc) is 2.53. The van der Waals surface area contributed by atoms with E-state index in [-0.39, 0.29) is 11.8 Å². The van der Waals surface area contributed by atoms with Crippen LogP contribution in [0.15, 0.2) is 5.11 Å². The Hall–Kier alpha value is -1.26.